The van der Waals surface area contributed by atoms with Crippen LogP contribution in [0.15, 0.2) is 48.6 Å². The summed E-state index contributed by atoms with van der Waals surface area (Å²) >= 11 is 0. The summed E-state index contributed by atoms with van der Waals surface area (Å²) < 4.78 is 0. The highest BCUT2D eigenvalue weighted by atomic mass is 14.2. The molecule has 0 heteroatoms. The van der Waals surface area contributed by atoms with Gasteiger partial charge in [0.2, 0.25) is 0 Å². The van der Waals surface area contributed by atoms with Gasteiger partial charge in [0.1, 0.15) is 0 Å². The van der Waals surface area contributed by atoms with E-state index in [4.69, 9.17) is 0 Å². The molecule has 0 aromatic heterocycles. The molecule has 0 saturated heterocycles. The van der Waals surface area contributed by atoms with Crippen LogP contribution in [0.3, 0.4) is 0 Å². The molecule has 0 fully saturated rings. The molecule has 62 valence electrons. The first-order chi connectivity index (χ1) is 5.86. The molecule has 2 rings (SSSR count). The van der Waals surface area contributed by atoms with E-state index in [9.17, 15) is 0 Å². The monoisotopic (exact) mass is 158 g/mol. The molecule has 2 aliphatic rings. The van der Waals surface area contributed by atoms with Crippen molar-refractivity contribution < 1.29 is 0 Å². The Balaban J connectivity index is 2.26. The summed E-state index contributed by atoms with van der Waals surface area (Å²) in [5.41, 5.74) is 0. The second kappa shape index (κ2) is 3.14. The van der Waals surface area contributed by atoms with Gasteiger partial charge >= 0.3 is 0 Å². The molecular formula is C12H14. The first-order valence-electron chi connectivity index (χ1n) is 4.58. The molecule has 2 atom stereocenters. The lowest BCUT2D eigenvalue weighted by molar-refractivity contribution is 0.670. The summed E-state index contributed by atoms with van der Waals surface area (Å²) in [4.78, 5) is 0. The van der Waals surface area contributed by atoms with Gasteiger partial charge in [0, 0.05) is 11.8 Å². The fourth-order valence-electron chi connectivity index (χ4n) is 1.70. The van der Waals surface area contributed by atoms with Gasteiger partial charge in [-0.2, -0.15) is 0 Å². The van der Waals surface area contributed by atoms with E-state index in [0.717, 1.165) is 0 Å². The van der Waals surface area contributed by atoms with E-state index in [-0.39, 0.29) is 0 Å². The summed E-state index contributed by atoms with van der Waals surface area (Å²) in [6, 6.07) is 0. The van der Waals surface area contributed by atoms with E-state index >= 15 is 0 Å². The van der Waals surface area contributed by atoms with Gasteiger partial charge in [-0.3, -0.25) is 0 Å². The average molecular weight is 158 g/mol. The molecule has 0 heterocycles. The van der Waals surface area contributed by atoms with Crippen molar-refractivity contribution in [2.75, 3.05) is 0 Å². The van der Waals surface area contributed by atoms with E-state index < -0.39 is 0 Å². The summed E-state index contributed by atoms with van der Waals surface area (Å²) in [5.74, 6) is 1.78. The number of hydrogen-bond donors (Lipinski definition) is 0. The molecule has 0 radical (unpaired) electrons. The van der Waals surface area contributed by atoms with Gasteiger partial charge < -0.3 is 0 Å². The van der Waals surface area contributed by atoms with Crippen molar-refractivity contribution in [3.8, 4) is 0 Å². The van der Waals surface area contributed by atoms with Gasteiger partial charge in [0.25, 0.3) is 0 Å². The van der Waals surface area contributed by atoms with Crippen LogP contribution in [-0.2, 0) is 0 Å². The van der Waals surface area contributed by atoms with Gasteiger partial charge in [-0.15, -0.1) is 0 Å². The van der Waals surface area contributed by atoms with Crippen LogP contribution in [0.4, 0.5) is 0 Å². The summed E-state index contributed by atoms with van der Waals surface area (Å²) in [5, 5.41) is 0. The fourth-order valence-corrected chi connectivity index (χ4v) is 1.70. The summed E-state index contributed by atoms with van der Waals surface area (Å²) in [6.07, 6.45) is 18.0. The Hall–Kier alpha value is -1.04. The molecule has 0 aromatic rings. The molecule has 0 saturated carbocycles. The Bertz CT molecular complexity index is 238. The van der Waals surface area contributed by atoms with Gasteiger partial charge in [0.05, 0.1) is 0 Å². The highest BCUT2D eigenvalue weighted by Crippen LogP contribution is 2.25. The largest absolute Gasteiger partial charge is 0.0813 e. The normalized spacial score (nSPS) is 37.9. The maximum atomic E-state index is 2.31. The number of hydrogen-bond acceptors (Lipinski definition) is 0. The van der Waals surface area contributed by atoms with Crippen molar-refractivity contribution in [1.29, 1.82) is 0 Å². The minimum atomic E-state index is 0.594. The van der Waals surface area contributed by atoms with E-state index in [2.05, 4.69) is 55.5 Å². The minimum Gasteiger partial charge on any atom is -0.0813 e. The summed E-state index contributed by atoms with van der Waals surface area (Å²) in [7, 11) is 0. The lowest BCUT2D eigenvalue weighted by Gasteiger charge is -2.16. The van der Waals surface area contributed by atoms with E-state index in [1.165, 1.54) is 0 Å². The Kier molecular flexibility index (Phi) is 1.99. The highest BCUT2D eigenvalue weighted by Gasteiger charge is 2.14. The van der Waals surface area contributed by atoms with Crippen LogP contribution in [0.1, 0.15) is 6.92 Å². The topological polar surface area (TPSA) is 0 Å². The van der Waals surface area contributed by atoms with E-state index in [1.54, 1.807) is 0 Å². The Morgan fingerprint density at radius 3 is 1.67 bits per heavy atom. The highest BCUT2D eigenvalue weighted by molar-refractivity contribution is 5.25. The molecular weight excluding hydrogens is 144 g/mol. The molecule has 0 N–H and O–H groups in total. The zero-order chi connectivity index (χ0) is 8.39. The van der Waals surface area contributed by atoms with Crippen LogP contribution in [0.25, 0.3) is 0 Å². The molecule has 0 nitrogen and oxygen atoms in total. The van der Waals surface area contributed by atoms with Crippen LogP contribution in [-0.4, -0.2) is 0 Å². The van der Waals surface area contributed by atoms with E-state index in [1.807, 2.05) is 0 Å². The molecule has 2 unspecified atom stereocenters. The third kappa shape index (κ3) is 1.42. The molecule has 0 aliphatic heterocycles. The summed E-state index contributed by atoms with van der Waals surface area (Å²) in [6.45, 7) is 2.22. The predicted molar refractivity (Wildman–Crippen MR) is 52.7 cm³/mol. The number of fused-ring (bicyclic) bond motifs is 1. The van der Waals surface area contributed by atoms with Crippen LogP contribution < -0.4 is 0 Å². The van der Waals surface area contributed by atoms with Crippen LogP contribution in [0, 0.1) is 17.8 Å². The zero-order valence-corrected chi connectivity index (χ0v) is 7.35. The average Bonchev–Trinajstić information content (AvgIpc) is 2.29. The molecule has 0 amide bonds. The smallest absolute Gasteiger partial charge is 0.00476 e. The Morgan fingerprint density at radius 2 is 1.17 bits per heavy atom. The Morgan fingerprint density at radius 1 is 0.667 bits per heavy atom. The van der Waals surface area contributed by atoms with Gasteiger partial charge in [-0.05, 0) is 5.92 Å². The molecule has 12 heavy (non-hydrogen) atoms. The maximum absolute atomic E-state index is 2.31. The quantitative estimate of drug-likeness (QED) is 0.475. The van der Waals surface area contributed by atoms with Gasteiger partial charge in [-0.1, -0.05) is 55.5 Å². The van der Waals surface area contributed by atoms with Crippen molar-refractivity contribution in [3.05, 3.63) is 48.6 Å². The lowest BCUT2D eigenvalue weighted by atomic mass is 9.89. The van der Waals surface area contributed by atoms with Crippen LogP contribution in [0.2, 0.25) is 0 Å². The molecule has 2 aliphatic carbocycles. The maximum Gasteiger partial charge on any atom is 0.00476 e. The van der Waals surface area contributed by atoms with E-state index in [0.29, 0.717) is 17.8 Å². The second-order valence-electron chi connectivity index (χ2n) is 3.55. The minimum absolute atomic E-state index is 0.594. The van der Waals surface area contributed by atoms with Crippen LogP contribution >= 0.6 is 0 Å². The second-order valence-corrected chi connectivity index (χ2v) is 3.55. The molecule has 0 bridgehead atoms. The number of rotatable bonds is 0. The first kappa shape index (κ1) is 7.60. The van der Waals surface area contributed by atoms with Crippen molar-refractivity contribution in [3.63, 3.8) is 0 Å². The third-order valence-corrected chi connectivity index (χ3v) is 2.50. The van der Waals surface area contributed by atoms with Crippen molar-refractivity contribution >= 4 is 0 Å². The van der Waals surface area contributed by atoms with Crippen molar-refractivity contribution in [2.24, 2.45) is 17.8 Å². The van der Waals surface area contributed by atoms with Crippen molar-refractivity contribution in [2.45, 2.75) is 6.92 Å². The van der Waals surface area contributed by atoms with Crippen molar-refractivity contribution in [1.82, 2.24) is 0 Å². The fraction of sp³-hybridized carbons (Fsp3) is 0.333. The lowest BCUT2D eigenvalue weighted by Crippen LogP contribution is -2.06. The van der Waals surface area contributed by atoms with Gasteiger partial charge in [0.15, 0.2) is 0 Å². The zero-order valence-electron chi connectivity index (χ0n) is 7.35. The standard InChI is InChI=1S/C12H14/c1-10-6-8-11-4-2-3-5-12(11)9-7-10/h2-12H,1H3. The first-order valence-corrected chi connectivity index (χ1v) is 4.58. The molecule has 0 aromatic carbocycles. The predicted octanol–water partition coefficient (Wildman–Crippen LogP) is 3.11. The number of allylic oxidation sites excluding steroid dienone is 8. The van der Waals surface area contributed by atoms with Gasteiger partial charge in [-0.25, -0.2) is 0 Å². The van der Waals surface area contributed by atoms with Crippen LogP contribution in [0.5, 0.6) is 0 Å². The molecule has 0 spiro atoms. The Labute approximate surface area is 74.0 Å². The third-order valence-electron chi connectivity index (χ3n) is 2.50. The SMILES string of the molecule is CC1C=CC2C=CC=CC2C=C1.